The molecule has 2 atom stereocenters. The molecule has 0 radical (unpaired) electrons. The molecule has 3 rings (SSSR count). The molecule has 2 N–H and O–H groups in total. The van der Waals surface area contributed by atoms with Crippen LogP contribution in [-0.2, 0) is 4.74 Å². The van der Waals surface area contributed by atoms with Crippen molar-refractivity contribution in [1.29, 1.82) is 0 Å². The number of nitrogens with one attached hydrogen (secondary N) is 1. The Labute approximate surface area is 175 Å². The number of carbonyl (C=O) groups is 1. The van der Waals surface area contributed by atoms with E-state index in [4.69, 9.17) is 4.74 Å². The Morgan fingerprint density at radius 1 is 1.23 bits per heavy atom. The molecule has 30 heavy (non-hydrogen) atoms. The molecule has 0 aliphatic carbocycles. The number of aliphatic hydroxyl groups is 1. The quantitative estimate of drug-likeness (QED) is 0.509. The smallest absolute Gasteiger partial charge is 0.293 e. The second-order valence-electron chi connectivity index (χ2n) is 7.46. The van der Waals surface area contributed by atoms with Gasteiger partial charge in [0.1, 0.15) is 5.69 Å². The zero-order valence-corrected chi connectivity index (χ0v) is 17.0. The molecule has 0 unspecified atom stereocenters. The highest BCUT2D eigenvalue weighted by Crippen LogP contribution is 2.30. The summed E-state index contributed by atoms with van der Waals surface area (Å²) in [5, 5.41) is 24.3. The summed E-state index contributed by atoms with van der Waals surface area (Å²) in [7, 11) is 0. The topological polar surface area (TPSA) is 105 Å². The molecule has 8 nitrogen and oxygen atoms in total. The van der Waals surface area contributed by atoms with Crippen molar-refractivity contribution >= 4 is 17.3 Å². The molecule has 1 aliphatic rings. The minimum atomic E-state index is -0.513. The minimum Gasteiger partial charge on any atom is -0.393 e. The molecule has 160 valence electrons. The number of anilines is 1. The third-order valence-corrected chi connectivity index (χ3v) is 5.19. The molecule has 1 heterocycles. The van der Waals surface area contributed by atoms with Crippen LogP contribution in [0.2, 0.25) is 0 Å². The molecule has 0 saturated carbocycles. The maximum atomic E-state index is 12.7. The van der Waals surface area contributed by atoms with Crippen LogP contribution in [0.1, 0.15) is 35.2 Å². The number of nitrogens with zero attached hydrogens (tertiary/aromatic N) is 2. The van der Waals surface area contributed by atoms with E-state index in [1.165, 1.54) is 6.07 Å². The van der Waals surface area contributed by atoms with Gasteiger partial charge in [-0.15, -0.1) is 0 Å². The van der Waals surface area contributed by atoms with Gasteiger partial charge in [-0.2, -0.15) is 0 Å². The first kappa shape index (κ1) is 21.7. The fraction of sp³-hybridized carbons (Fsp3) is 0.409. The number of amides is 1. The molecule has 0 bridgehead atoms. The van der Waals surface area contributed by atoms with Gasteiger partial charge in [-0.3, -0.25) is 14.9 Å². The zero-order valence-electron chi connectivity index (χ0n) is 17.0. The first-order chi connectivity index (χ1) is 14.5. The average molecular weight is 413 g/mol. The lowest BCUT2D eigenvalue weighted by atomic mass is 9.93. The van der Waals surface area contributed by atoms with Crippen molar-refractivity contribution in [2.45, 2.75) is 25.4 Å². The summed E-state index contributed by atoms with van der Waals surface area (Å²) in [4.78, 5) is 25.7. The Bertz CT molecular complexity index is 866. The van der Waals surface area contributed by atoms with Crippen LogP contribution < -0.4 is 10.2 Å². The Balaban J connectivity index is 1.74. The van der Waals surface area contributed by atoms with Gasteiger partial charge in [0.25, 0.3) is 11.6 Å². The van der Waals surface area contributed by atoms with E-state index in [9.17, 15) is 20.0 Å². The number of nitro groups is 1. The van der Waals surface area contributed by atoms with E-state index in [-0.39, 0.29) is 23.1 Å². The van der Waals surface area contributed by atoms with Crippen LogP contribution in [-0.4, -0.2) is 54.9 Å². The van der Waals surface area contributed by atoms with Crippen molar-refractivity contribution in [3.8, 4) is 0 Å². The van der Waals surface area contributed by atoms with Crippen molar-refractivity contribution in [1.82, 2.24) is 5.32 Å². The predicted octanol–water partition coefficient (Wildman–Crippen LogP) is 2.72. The maximum Gasteiger partial charge on any atom is 0.293 e. The first-order valence-corrected chi connectivity index (χ1v) is 10.1. The van der Waals surface area contributed by atoms with E-state index in [1.807, 2.05) is 35.2 Å². The number of aliphatic hydroxyl groups excluding tert-OH is 1. The molecule has 1 fully saturated rings. The Kier molecular flexibility index (Phi) is 7.37. The number of hydrogen-bond acceptors (Lipinski definition) is 6. The number of morpholine rings is 1. The third kappa shape index (κ3) is 5.55. The SMILES string of the molecule is C[C@@H](O)C[C@H](CNC(=O)c1ccc(N2CCOCC2)c([N+](=O)[O-])c1)c1ccccc1. The van der Waals surface area contributed by atoms with Gasteiger partial charge >= 0.3 is 0 Å². The van der Waals surface area contributed by atoms with E-state index in [0.717, 1.165) is 5.56 Å². The number of hydrogen-bond donors (Lipinski definition) is 2. The summed E-state index contributed by atoms with van der Waals surface area (Å²) in [5.74, 6) is -0.434. The van der Waals surface area contributed by atoms with Crippen LogP contribution in [0.4, 0.5) is 11.4 Å². The van der Waals surface area contributed by atoms with Gasteiger partial charge in [0.2, 0.25) is 0 Å². The van der Waals surface area contributed by atoms with Crippen molar-refractivity contribution in [2.24, 2.45) is 0 Å². The lowest BCUT2D eigenvalue weighted by Crippen LogP contribution is -2.36. The van der Waals surface area contributed by atoms with Crippen LogP contribution in [0.3, 0.4) is 0 Å². The van der Waals surface area contributed by atoms with Gasteiger partial charge in [0.15, 0.2) is 0 Å². The Hall–Kier alpha value is -2.97. The second-order valence-corrected chi connectivity index (χ2v) is 7.46. The fourth-order valence-corrected chi connectivity index (χ4v) is 3.67. The van der Waals surface area contributed by atoms with Crippen LogP contribution in [0.15, 0.2) is 48.5 Å². The van der Waals surface area contributed by atoms with Gasteiger partial charge in [-0.05, 0) is 31.0 Å². The van der Waals surface area contributed by atoms with Crippen LogP contribution in [0, 0.1) is 10.1 Å². The Morgan fingerprint density at radius 2 is 1.93 bits per heavy atom. The molecule has 8 heteroatoms. The lowest BCUT2D eigenvalue weighted by Gasteiger charge is -2.28. The summed E-state index contributed by atoms with van der Waals surface area (Å²) in [6.07, 6.45) is -0.0126. The minimum absolute atomic E-state index is 0.0576. The molecule has 1 saturated heterocycles. The monoisotopic (exact) mass is 413 g/mol. The fourth-order valence-electron chi connectivity index (χ4n) is 3.67. The van der Waals surface area contributed by atoms with Crippen LogP contribution >= 0.6 is 0 Å². The van der Waals surface area contributed by atoms with Crippen molar-refractivity contribution in [2.75, 3.05) is 37.7 Å². The largest absolute Gasteiger partial charge is 0.393 e. The maximum absolute atomic E-state index is 12.7. The molecular weight excluding hydrogens is 386 g/mol. The summed E-state index contributed by atoms with van der Waals surface area (Å²) in [6, 6.07) is 14.2. The summed E-state index contributed by atoms with van der Waals surface area (Å²) >= 11 is 0. The number of ether oxygens (including phenoxy) is 1. The number of carbonyl (C=O) groups excluding carboxylic acids is 1. The molecule has 2 aromatic rings. The van der Waals surface area contributed by atoms with Crippen LogP contribution in [0.5, 0.6) is 0 Å². The number of rotatable bonds is 8. The predicted molar refractivity (Wildman–Crippen MR) is 114 cm³/mol. The van der Waals surface area contributed by atoms with E-state index < -0.39 is 11.0 Å². The van der Waals surface area contributed by atoms with Gasteiger partial charge < -0.3 is 20.1 Å². The first-order valence-electron chi connectivity index (χ1n) is 10.1. The molecule has 0 spiro atoms. The number of nitro benzene ring substituents is 1. The molecule has 2 aromatic carbocycles. The molecular formula is C22H27N3O5. The number of benzene rings is 2. The Morgan fingerprint density at radius 3 is 2.57 bits per heavy atom. The van der Waals surface area contributed by atoms with Gasteiger partial charge in [0.05, 0.1) is 24.2 Å². The summed E-state index contributed by atoms with van der Waals surface area (Å²) in [6.45, 7) is 4.22. The van der Waals surface area contributed by atoms with E-state index in [2.05, 4.69) is 5.32 Å². The van der Waals surface area contributed by atoms with E-state index in [0.29, 0.717) is 45.0 Å². The second kappa shape index (κ2) is 10.2. The standard InChI is InChI=1S/C22H27N3O5/c1-16(26)13-19(17-5-3-2-4-6-17)15-23-22(27)18-7-8-20(21(14-18)25(28)29)24-9-11-30-12-10-24/h2-8,14,16,19,26H,9-13,15H2,1H3,(H,23,27)/t16-,19-/m1/s1. The summed E-state index contributed by atoms with van der Waals surface area (Å²) < 4.78 is 5.31. The lowest BCUT2D eigenvalue weighted by molar-refractivity contribution is -0.384. The van der Waals surface area contributed by atoms with E-state index >= 15 is 0 Å². The summed E-state index contributed by atoms with van der Waals surface area (Å²) in [5.41, 5.74) is 1.67. The zero-order chi connectivity index (χ0) is 21.5. The third-order valence-electron chi connectivity index (χ3n) is 5.19. The van der Waals surface area contributed by atoms with E-state index in [1.54, 1.807) is 19.1 Å². The average Bonchev–Trinajstić information content (AvgIpc) is 2.77. The van der Waals surface area contributed by atoms with Crippen molar-refractivity contribution < 1.29 is 19.6 Å². The molecule has 0 aromatic heterocycles. The normalized spacial score (nSPS) is 16.0. The van der Waals surface area contributed by atoms with Gasteiger partial charge in [-0.1, -0.05) is 30.3 Å². The molecule has 1 aliphatic heterocycles. The highest BCUT2D eigenvalue weighted by molar-refractivity contribution is 5.95. The van der Waals surface area contributed by atoms with Crippen molar-refractivity contribution in [3.63, 3.8) is 0 Å². The van der Waals surface area contributed by atoms with Crippen LogP contribution in [0.25, 0.3) is 0 Å². The van der Waals surface area contributed by atoms with Gasteiger partial charge in [-0.25, -0.2) is 0 Å². The van der Waals surface area contributed by atoms with Crippen molar-refractivity contribution in [3.05, 3.63) is 69.8 Å². The molecule has 1 amide bonds. The highest BCUT2D eigenvalue weighted by atomic mass is 16.6. The highest BCUT2D eigenvalue weighted by Gasteiger charge is 2.24. The van der Waals surface area contributed by atoms with Gasteiger partial charge in [0, 0.05) is 37.2 Å².